The Morgan fingerprint density at radius 1 is 1.04 bits per heavy atom. The molecule has 0 aliphatic rings. The first-order chi connectivity index (χ1) is 11.9. The second kappa shape index (κ2) is 8.72. The van der Waals surface area contributed by atoms with Gasteiger partial charge in [-0.05, 0) is 54.3 Å². The molecule has 0 saturated heterocycles. The van der Waals surface area contributed by atoms with Gasteiger partial charge in [-0.25, -0.2) is 0 Å². The van der Waals surface area contributed by atoms with E-state index in [4.69, 9.17) is 32.2 Å². The van der Waals surface area contributed by atoms with Gasteiger partial charge in [0.25, 0.3) is 0 Å². The quantitative estimate of drug-likeness (QED) is 0.565. The highest BCUT2D eigenvalue weighted by Gasteiger charge is 2.08. The molecule has 0 heterocycles. The van der Waals surface area contributed by atoms with Crippen molar-refractivity contribution in [2.24, 2.45) is 5.73 Å². The molecular weight excluding hydrogens is 334 g/mol. The van der Waals surface area contributed by atoms with Gasteiger partial charge < -0.3 is 19.9 Å². The summed E-state index contributed by atoms with van der Waals surface area (Å²) in [6, 6.07) is 11.6. The minimum absolute atomic E-state index is 0.324. The molecule has 0 saturated carbocycles. The van der Waals surface area contributed by atoms with E-state index >= 15 is 0 Å². The van der Waals surface area contributed by atoms with Crippen LogP contribution < -0.4 is 19.9 Å². The summed E-state index contributed by atoms with van der Waals surface area (Å²) in [7, 11) is 1.60. The van der Waals surface area contributed by atoms with E-state index in [1.165, 1.54) is 11.1 Å². The molecule has 0 amide bonds. The SMILES string of the molecule is COc1ccc(C(N)=S)cc1OCCOc1ccc(C(C)C)c(C)c1. The summed E-state index contributed by atoms with van der Waals surface area (Å²) in [5, 5.41) is 0. The van der Waals surface area contributed by atoms with Gasteiger partial charge in [-0.1, -0.05) is 32.1 Å². The molecular formula is C20H25NO3S. The third-order valence-corrected chi connectivity index (χ3v) is 4.16. The van der Waals surface area contributed by atoms with Crippen molar-refractivity contribution in [3.8, 4) is 17.2 Å². The van der Waals surface area contributed by atoms with Crippen LogP contribution in [0.2, 0.25) is 0 Å². The Morgan fingerprint density at radius 3 is 2.36 bits per heavy atom. The van der Waals surface area contributed by atoms with Gasteiger partial charge in [-0.3, -0.25) is 0 Å². The topological polar surface area (TPSA) is 53.7 Å². The number of hydrogen-bond acceptors (Lipinski definition) is 4. The van der Waals surface area contributed by atoms with E-state index in [0.29, 0.717) is 35.6 Å². The molecule has 2 aromatic rings. The van der Waals surface area contributed by atoms with Gasteiger partial charge in [-0.2, -0.15) is 0 Å². The zero-order valence-corrected chi connectivity index (χ0v) is 16.0. The normalized spacial score (nSPS) is 10.6. The summed E-state index contributed by atoms with van der Waals surface area (Å²) >= 11 is 5.00. The summed E-state index contributed by atoms with van der Waals surface area (Å²) < 4.78 is 16.8. The van der Waals surface area contributed by atoms with Crippen LogP contribution in [-0.4, -0.2) is 25.3 Å². The van der Waals surface area contributed by atoms with Gasteiger partial charge in [0.1, 0.15) is 24.0 Å². The van der Waals surface area contributed by atoms with Crippen LogP contribution in [0.25, 0.3) is 0 Å². The molecule has 0 fully saturated rings. The summed E-state index contributed by atoms with van der Waals surface area (Å²) in [6.45, 7) is 7.30. The third-order valence-electron chi connectivity index (χ3n) is 3.92. The van der Waals surface area contributed by atoms with Crippen LogP contribution in [0.15, 0.2) is 36.4 Å². The van der Waals surface area contributed by atoms with Gasteiger partial charge in [0, 0.05) is 5.56 Å². The number of methoxy groups -OCH3 is 1. The summed E-state index contributed by atoms with van der Waals surface area (Å²) in [4.78, 5) is 0.324. The summed E-state index contributed by atoms with van der Waals surface area (Å²) in [5.74, 6) is 2.58. The molecule has 2 rings (SSSR count). The molecule has 0 aliphatic carbocycles. The highest BCUT2D eigenvalue weighted by molar-refractivity contribution is 7.80. The Balaban J connectivity index is 1.94. The molecule has 0 aliphatic heterocycles. The highest BCUT2D eigenvalue weighted by Crippen LogP contribution is 2.28. The molecule has 0 atom stereocenters. The largest absolute Gasteiger partial charge is 0.493 e. The molecule has 5 heteroatoms. The monoisotopic (exact) mass is 359 g/mol. The second-order valence-electron chi connectivity index (χ2n) is 6.10. The maximum absolute atomic E-state index is 5.78. The maximum atomic E-state index is 5.78. The fourth-order valence-electron chi connectivity index (χ4n) is 2.64. The van der Waals surface area contributed by atoms with Crippen molar-refractivity contribution in [3.63, 3.8) is 0 Å². The maximum Gasteiger partial charge on any atom is 0.162 e. The first kappa shape index (κ1) is 19.1. The highest BCUT2D eigenvalue weighted by atomic mass is 32.1. The lowest BCUT2D eigenvalue weighted by atomic mass is 9.98. The predicted octanol–water partition coefficient (Wildman–Crippen LogP) is 4.22. The molecule has 0 spiro atoms. The number of thiocarbonyl (C=S) groups is 1. The zero-order valence-electron chi connectivity index (χ0n) is 15.2. The number of ether oxygens (including phenoxy) is 3. The van der Waals surface area contributed by atoms with E-state index in [1.807, 2.05) is 12.1 Å². The smallest absolute Gasteiger partial charge is 0.162 e. The van der Waals surface area contributed by atoms with Gasteiger partial charge in [0.15, 0.2) is 11.5 Å². The zero-order chi connectivity index (χ0) is 18.4. The van der Waals surface area contributed by atoms with Gasteiger partial charge in [-0.15, -0.1) is 0 Å². The van der Waals surface area contributed by atoms with Crippen LogP contribution in [-0.2, 0) is 0 Å². The Bertz CT molecular complexity index is 744. The third kappa shape index (κ3) is 5.10. The molecule has 4 nitrogen and oxygen atoms in total. The van der Waals surface area contributed by atoms with Gasteiger partial charge in [0.05, 0.1) is 7.11 Å². The van der Waals surface area contributed by atoms with E-state index < -0.39 is 0 Å². The van der Waals surface area contributed by atoms with Crippen molar-refractivity contribution < 1.29 is 14.2 Å². The molecule has 0 unspecified atom stereocenters. The average molecular weight is 359 g/mol. The van der Waals surface area contributed by atoms with Crippen LogP contribution >= 0.6 is 12.2 Å². The lowest BCUT2D eigenvalue weighted by molar-refractivity contribution is 0.211. The van der Waals surface area contributed by atoms with E-state index in [0.717, 1.165) is 11.3 Å². The number of benzene rings is 2. The molecule has 0 bridgehead atoms. The molecule has 134 valence electrons. The molecule has 2 N–H and O–H groups in total. The molecule has 2 aromatic carbocycles. The lowest BCUT2D eigenvalue weighted by Gasteiger charge is -2.14. The lowest BCUT2D eigenvalue weighted by Crippen LogP contribution is -2.12. The first-order valence-corrected chi connectivity index (χ1v) is 8.67. The van der Waals surface area contributed by atoms with E-state index in [9.17, 15) is 0 Å². The van der Waals surface area contributed by atoms with Crippen molar-refractivity contribution in [1.29, 1.82) is 0 Å². The Labute approximate surface area is 154 Å². The average Bonchev–Trinajstić information content (AvgIpc) is 2.58. The first-order valence-electron chi connectivity index (χ1n) is 8.26. The van der Waals surface area contributed by atoms with Crippen molar-refractivity contribution >= 4 is 17.2 Å². The van der Waals surface area contributed by atoms with Gasteiger partial charge in [0.2, 0.25) is 0 Å². The van der Waals surface area contributed by atoms with Crippen LogP contribution in [0.4, 0.5) is 0 Å². The molecule has 0 radical (unpaired) electrons. The van der Waals surface area contributed by atoms with Crippen molar-refractivity contribution in [3.05, 3.63) is 53.1 Å². The number of aryl methyl sites for hydroxylation is 1. The Hall–Kier alpha value is -2.27. The van der Waals surface area contributed by atoms with Crippen LogP contribution in [0, 0.1) is 6.92 Å². The minimum Gasteiger partial charge on any atom is -0.493 e. The van der Waals surface area contributed by atoms with E-state index in [2.05, 4.69) is 32.9 Å². The standard InChI is InChI=1S/C20H25NO3S/c1-13(2)17-7-6-16(11-14(17)3)23-9-10-24-19-12-15(20(21)25)5-8-18(19)22-4/h5-8,11-13H,9-10H2,1-4H3,(H2,21,25). The summed E-state index contributed by atoms with van der Waals surface area (Å²) in [5.41, 5.74) is 8.98. The van der Waals surface area contributed by atoms with Gasteiger partial charge >= 0.3 is 0 Å². The second-order valence-corrected chi connectivity index (χ2v) is 6.54. The van der Waals surface area contributed by atoms with E-state index in [1.54, 1.807) is 19.2 Å². The Kier molecular flexibility index (Phi) is 6.65. The minimum atomic E-state index is 0.324. The number of rotatable bonds is 8. The molecule has 25 heavy (non-hydrogen) atoms. The number of nitrogens with two attached hydrogens (primary N) is 1. The van der Waals surface area contributed by atoms with Crippen molar-refractivity contribution in [1.82, 2.24) is 0 Å². The fraction of sp³-hybridized carbons (Fsp3) is 0.350. The Morgan fingerprint density at radius 2 is 1.76 bits per heavy atom. The fourth-order valence-corrected chi connectivity index (χ4v) is 2.77. The number of hydrogen-bond donors (Lipinski definition) is 1. The van der Waals surface area contributed by atoms with Crippen LogP contribution in [0.5, 0.6) is 17.2 Å². The molecule has 0 aromatic heterocycles. The summed E-state index contributed by atoms with van der Waals surface area (Å²) in [6.07, 6.45) is 0. The van der Waals surface area contributed by atoms with Crippen LogP contribution in [0.1, 0.15) is 36.5 Å². The van der Waals surface area contributed by atoms with Crippen molar-refractivity contribution in [2.45, 2.75) is 26.7 Å². The van der Waals surface area contributed by atoms with Crippen molar-refractivity contribution in [2.75, 3.05) is 20.3 Å². The van der Waals surface area contributed by atoms with E-state index in [-0.39, 0.29) is 0 Å². The van der Waals surface area contributed by atoms with Crippen LogP contribution in [0.3, 0.4) is 0 Å². The predicted molar refractivity (Wildman–Crippen MR) is 105 cm³/mol.